The van der Waals surface area contributed by atoms with Gasteiger partial charge in [-0.1, -0.05) is 12.2 Å². The van der Waals surface area contributed by atoms with E-state index in [4.69, 9.17) is 16.7 Å². The summed E-state index contributed by atoms with van der Waals surface area (Å²) in [5.41, 5.74) is -2.29. The molecule has 76 valence electrons. The van der Waals surface area contributed by atoms with Crippen molar-refractivity contribution < 1.29 is 19.8 Å². The smallest absolute Gasteiger partial charge is 0.342 e. The van der Waals surface area contributed by atoms with E-state index in [0.717, 1.165) is 6.08 Å². The van der Waals surface area contributed by atoms with E-state index in [9.17, 15) is 14.7 Å². The van der Waals surface area contributed by atoms with Crippen LogP contribution in [0.25, 0.3) is 0 Å². The van der Waals surface area contributed by atoms with Crippen LogP contribution in [0.4, 0.5) is 0 Å². The number of carbonyl (C=O) groups is 2. The van der Waals surface area contributed by atoms with Gasteiger partial charge in [-0.25, -0.2) is 4.79 Å². The molecule has 0 radical (unpaired) electrons. The highest BCUT2D eigenvalue weighted by atomic mass is 35.5. The molecule has 0 amide bonds. The highest BCUT2D eigenvalue weighted by molar-refractivity contribution is 6.37. The first-order valence-electron chi connectivity index (χ1n) is 3.93. The molecule has 14 heavy (non-hydrogen) atoms. The molecule has 0 bridgehead atoms. The van der Waals surface area contributed by atoms with Gasteiger partial charge in [-0.3, -0.25) is 4.79 Å². The van der Waals surface area contributed by atoms with Crippen molar-refractivity contribution in [1.29, 1.82) is 0 Å². The lowest BCUT2D eigenvalue weighted by atomic mass is 9.95. The molecule has 2 atom stereocenters. The third-order valence-electron chi connectivity index (χ3n) is 2.03. The number of carboxylic acid groups (broad SMARTS) is 1. The third-order valence-corrected chi connectivity index (χ3v) is 2.56. The molecule has 0 spiro atoms. The number of carboxylic acids is 1. The van der Waals surface area contributed by atoms with Crippen molar-refractivity contribution >= 4 is 23.4 Å². The molecule has 5 heteroatoms. The molecule has 4 nitrogen and oxygen atoms in total. The fraction of sp³-hybridized carbons (Fsp3) is 0.333. The number of allylic oxidation sites excluding steroid dienone is 2. The standard InChI is InChI=1S/C9H9ClO4/c1-2-3-5-4-6(11)7(10)9(5,14)8(12)13/h2-4,7,14H,1H3,(H,12,13)/b3-2+/t7?,9-/m1/s1. The SMILES string of the molecule is C/C=C/C1=CC(=O)C(Cl)[C@@]1(O)C(=O)O. The molecule has 0 saturated heterocycles. The summed E-state index contributed by atoms with van der Waals surface area (Å²) in [4.78, 5) is 21.9. The maximum atomic E-state index is 11.1. The van der Waals surface area contributed by atoms with Gasteiger partial charge in [-0.05, 0) is 13.0 Å². The quantitative estimate of drug-likeness (QED) is 0.659. The summed E-state index contributed by atoms with van der Waals surface area (Å²) < 4.78 is 0. The van der Waals surface area contributed by atoms with Crippen molar-refractivity contribution in [3.8, 4) is 0 Å². The van der Waals surface area contributed by atoms with Crippen molar-refractivity contribution in [2.75, 3.05) is 0 Å². The van der Waals surface area contributed by atoms with Crippen LogP contribution < -0.4 is 0 Å². The predicted molar refractivity (Wildman–Crippen MR) is 50.1 cm³/mol. The molecule has 0 fully saturated rings. The van der Waals surface area contributed by atoms with Crippen LogP contribution in [-0.4, -0.2) is 32.9 Å². The van der Waals surface area contributed by atoms with E-state index in [1.165, 1.54) is 12.2 Å². The third kappa shape index (κ3) is 1.36. The van der Waals surface area contributed by atoms with Crippen molar-refractivity contribution in [2.24, 2.45) is 0 Å². The highest BCUT2D eigenvalue weighted by Gasteiger charge is 2.53. The van der Waals surface area contributed by atoms with Crippen LogP contribution >= 0.6 is 11.6 Å². The van der Waals surface area contributed by atoms with Gasteiger partial charge in [0, 0.05) is 5.57 Å². The van der Waals surface area contributed by atoms with Gasteiger partial charge in [-0.15, -0.1) is 11.6 Å². The molecule has 0 heterocycles. The maximum absolute atomic E-state index is 11.1. The van der Waals surface area contributed by atoms with Crippen LogP contribution in [0.2, 0.25) is 0 Å². The average Bonchev–Trinajstić information content (AvgIpc) is 2.32. The number of hydrogen-bond donors (Lipinski definition) is 2. The second kappa shape index (κ2) is 3.55. The summed E-state index contributed by atoms with van der Waals surface area (Å²) in [5, 5.41) is 17.1. The number of halogens is 1. The second-order valence-electron chi connectivity index (χ2n) is 2.94. The fourth-order valence-electron chi connectivity index (χ4n) is 1.28. The molecule has 2 N–H and O–H groups in total. The van der Waals surface area contributed by atoms with Gasteiger partial charge in [0.25, 0.3) is 0 Å². The van der Waals surface area contributed by atoms with Crippen molar-refractivity contribution in [3.05, 3.63) is 23.8 Å². The number of ketones is 1. The molecule has 0 aromatic rings. The zero-order valence-electron chi connectivity index (χ0n) is 7.40. The van der Waals surface area contributed by atoms with Gasteiger partial charge in [0.1, 0.15) is 5.38 Å². The summed E-state index contributed by atoms with van der Waals surface area (Å²) in [6.07, 6.45) is 3.93. The Morgan fingerprint density at radius 3 is 2.71 bits per heavy atom. The molecule has 1 aliphatic carbocycles. The van der Waals surface area contributed by atoms with E-state index in [0.29, 0.717) is 0 Å². The van der Waals surface area contributed by atoms with Crippen LogP contribution in [0, 0.1) is 0 Å². The van der Waals surface area contributed by atoms with E-state index in [1.807, 2.05) is 0 Å². The van der Waals surface area contributed by atoms with Gasteiger partial charge < -0.3 is 10.2 Å². The Bertz CT molecular complexity index is 345. The van der Waals surface area contributed by atoms with Crippen LogP contribution in [-0.2, 0) is 9.59 Å². The molecular formula is C9H9ClO4. The summed E-state index contributed by atoms with van der Waals surface area (Å²) in [7, 11) is 0. The Morgan fingerprint density at radius 1 is 1.71 bits per heavy atom. The number of aliphatic hydroxyl groups is 1. The van der Waals surface area contributed by atoms with E-state index in [2.05, 4.69) is 0 Å². The van der Waals surface area contributed by atoms with E-state index in [1.54, 1.807) is 6.92 Å². The zero-order valence-corrected chi connectivity index (χ0v) is 8.15. The van der Waals surface area contributed by atoms with Crippen LogP contribution in [0.15, 0.2) is 23.8 Å². The topological polar surface area (TPSA) is 74.6 Å². The molecule has 1 aliphatic rings. The summed E-state index contributed by atoms with van der Waals surface area (Å²) in [5.74, 6) is -2.11. The monoisotopic (exact) mass is 216 g/mol. The average molecular weight is 217 g/mol. The first-order valence-corrected chi connectivity index (χ1v) is 4.36. The molecule has 0 saturated carbocycles. The predicted octanol–water partition coefficient (Wildman–Crippen LogP) is 0.495. The number of alkyl halides is 1. The van der Waals surface area contributed by atoms with E-state index < -0.39 is 22.7 Å². The largest absolute Gasteiger partial charge is 0.479 e. The molecule has 0 aromatic heterocycles. The summed E-state index contributed by atoms with van der Waals surface area (Å²) >= 11 is 5.53. The van der Waals surface area contributed by atoms with Crippen LogP contribution in [0.1, 0.15) is 6.92 Å². The fourth-order valence-corrected chi connectivity index (χ4v) is 1.56. The van der Waals surface area contributed by atoms with Gasteiger partial charge in [0.2, 0.25) is 5.60 Å². The Kier molecular flexibility index (Phi) is 2.78. The minimum Gasteiger partial charge on any atom is -0.479 e. The van der Waals surface area contributed by atoms with Gasteiger partial charge >= 0.3 is 5.97 Å². The summed E-state index contributed by atoms with van der Waals surface area (Å²) in [6.45, 7) is 1.65. The lowest BCUT2D eigenvalue weighted by molar-refractivity contribution is -0.154. The molecule has 1 rings (SSSR count). The highest BCUT2D eigenvalue weighted by Crippen LogP contribution is 2.33. The van der Waals surface area contributed by atoms with Crippen LogP contribution in [0.3, 0.4) is 0 Å². The lowest BCUT2D eigenvalue weighted by Gasteiger charge is -2.22. The molecule has 0 aromatic carbocycles. The Labute approximate surface area is 85.5 Å². The number of carbonyl (C=O) groups excluding carboxylic acids is 1. The molecular weight excluding hydrogens is 208 g/mol. The minimum absolute atomic E-state index is 0.0116. The van der Waals surface area contributed by atoms with Gasteiger partial charge in [0.05, 0.1) is 0 Å². The maximum Gasteiger partial charge on any atom is 0.342 e. The zero-order chi connectivity index (χ0) is 10.9. The minimum atomic E-state index is -2.30. The van der Waals surface area contributed by atoms with Gasteiger partial charge in [0.15, 0.2) is 5.78 Å². The van der Waals surface area contributed by atoms with Crippen molar-refractivity contribution in [1.82, 2.24) is 0 Å². The normalized spacial score (nSPS) is 32.4. The van der Waals surface area contributed by atoms with Crippen molar-refractivity contribution in [2.45, 2.75) is 17.9 Å². The second-order valence-corrected chi connectivity index (χ2v) is 3.37. The van der Waals surface area contributed by atoms with E-state index in [-0.39, 0.29) is 5.57 Å². The Morgan fingerprint density at radius 2 is 2.29 bits per heavy atom. The van der Waals surface area contributed by atoms with Gasteiger partial charge in [-0.2, -0.15) is 0 Å². The first kappa shape index (κ1) is 10.9. The molecule has 0 aliphatic heterocycles. The number of rotatable bonds is 2. The first-order chi connectivity index (χ1) is 6.44. The van der Waals surface area contributed by atoms with Crippen LogP contribution in [0.5, 0.6) is 0 Å². The summed E-state index contributed by atoms with van der Waals surface area (Å²) in [6, 6.07) is 0. The number of hydrogen-bond acceptors (Lipinski definition) is 3. The lowest BCUT2D eigenvalue weighted by Crippen LogP contribution is -2.47. The number of aliphatic carboxylic acids is 1. The van der Waals surface area contributed by atoms with Crippen molar-refractivity contribution in [3.63, 3.8) is 0 Å². The van der Waals surface area contributed by atoms with E-state index >= 15 is 0 Å². The Hall–Kier alpha value is -1.13. The Balaban J connectivity index is 3.22. The molecule has 1 unspecified atom stereocenters.